The van der Waals surface area contributed by atoms with Crippen molar-refractivity contribution in [1.29, 1.82) is 0 Å². The summed E-state index contributed by atoms with van der Waals surface area (Å²) in [6.45, 7) is 4.08. The molecule has 18 heavy (non-hydrogen) atoms. The molecule has 100 valence electrons. The van der Waals surface area contributed by atoms with Crippen LogP contribution in [0.3, 0.4) is 0 Å². The molecule has 0 heterocycles. The number of carbonyl (C=O) groups excluding carboxylic acids is 1. The molecule has 0 radical (unpaired) electrons. The minimum absolute atomic E-state index is 0.0548. The molecule has 0 saturated heterocycles. The fourth-order valence-corrected chi connectivity index (χ4v) is 1.54. The molecule has 1 aromatic carbocycles. The molecule has 1 amide bonds. The third-order valence-corrected chi connectivity index (χ3v) is 2.71. The van der Waals surface area contributed by atoms with E-state index in [1.165, 1.54) is 0 Å². The zero-order chi connectivity index (χ0) is 13.5. The maximum Gasteiger partial charge on any atom is 0.260 e. The molecule has 0 aliphatic carbocycles. The summed E-state index contributed by atoms with van der Waals surface area (Å²) in [5.74, 6) is 0.280. The molecule has 2 N–H and O–H groups in total. The van der Waals surface area contributed by atoms with Crippen molar-refractivity contribution in [2.24, 2.45) is 0 Å². The fourth-order valence-electron chi connectivity index (χ4n) is 1.38. The van der Waals surface area contributed by atoms with E-state index in [0.29, 0.717) is 23.7 Å². The van der Waals surface area contributed by atoms with Crippen LogP contribution in [0.4, 0.5) is 0 Å². The van der Waals surface area contributed by atoms with Crippen LogP contribution >= 0.6 is 11.6 Å². The van der Waals surface area contributed by atoms with Gasteiger partial charge in [0.1, 0.15) is 5.75 Å². The van der Waals surface area contributed by atoms with E-state index in [9.17, 15) is 4.79 Å². The second-order valence-electron chi connectivity index (χ2n) is 4.06. The quantitative estimate of drug-likeness (QED) is 0.777. The molecular weight excluding hydrogens is 254 g/mol. The Morgan fingerprint density at radius 1 is 1.56 bits per heavy atom. The van der Waals surface area contributed by atoms with Crippen LogP contribution in [-0.2, 0) is 4.79 Å². The van der Waals surface area contributed by atoms with Gasteiger partial charge in [-0.15, -0.1) is 0 Å². The Kier molecular flexibility index (Phi) is 5.95. The summed E-state index contributed by atoms with van der Waals surface area (Å²) < 4.78 is 5.51. The number of hydrogen-bond acceptors (Lipinski definition) is 3. The Morgan fingerprint density at radius 3 is 2.94 bits per heavy atom. The van der Waals surface area contributed by atoms with E-state index in [2.05, 4.69) is 5.32 Å². The van der Waals surface area contributed by atoms with Crippen molar-refractivity contribution in [2.75, 3.05) is 13.2 Å². The van der Waals surface area contributed by atoms with Gasteiger partial charge in [0.2, 0.25) is 0 Å². The van der Waals surface area contributed by atoms with Crippen LogP contribution in [0.2, 0.25) is 5.02 Å². The van der Waals surface area contributed by atoms with E-state index in [-0.39, 0.29) is 12.5 Å². The molecule has 1 rings (SSSR count). The van der Waals surface area contributed by atoms with Crippen LogP contribution in [0.15, 0.2) is 18.2 Å². The SMILES string of the molecule is Cc1ccc(Cl)c(OC(C)C(=O)NCCCO)c1. The molecule has 0 spiro atoms. The highest BCUT2D eigenvalue weighted by atomic mass is 35.5. The lowest BCUT2D eigenvalue weighted by atomic mass is 10.2. The number of halogens is 1. The Labute approximate surface area is 112 Å². The van der Waals surface area contributed by atoms with Crippen LogP contribution in [0.1, 0.15) is 18.9 Å². The number of carbonyl (C=O) groups is 1. The molecule has 1 atom stereocenters. The molecule has 0 bridgehead atoms. The van der Waals surface area contributed by atoms with Gasteiger partial charge in [0, 0.05) is 13.2 Å². The lowest BCUT2D eigenvalue weighted by Gasteiger charge is -2.15. The third-order valence-electron chi connectivity index (χ3n) is 2.39. The third kappa shape index (κ3) is 4.55. The molecule has 0 fully saturated rings. The number of aryl methyl sites for hydroxylation is 1. The largest absolute Gasteiger partial charge is 0.479 e. The summed E-state index contributed by atoms with van der Waals surface area (Å²) >= 11 is 5.98. The normalized spacial score (nSPS) is 12.0. The summed E-state index contributed by atoms with van der Waals surface area (Å²) in [4.78, 5) is 11.7. The molecule has 0 aliphatic heterocycles. The number of benzene rings is 1. The average Bonchev–Trinajstić information content (AvgIpc) is 2.34. The highest BCUT2D eigenvalue weighted by Crippen LogP contribution is 2.26. The van der Waals surface area contributed by atoms with Crippen molar-refractivity contribution in [3.8, 4) is 5.75 Å². The van der Waals surface area contributed by atoms with E-state index in [0.717, 1.165) is 5.56 Å². The summed E-state index contributed by atoms with van der Waals surface area (Å²) in [5, 5.41) is 11.8. The van der Waals surface area contributed by atoms with Crippen molar-refractivity contribution < 1.29 is 14.6 Å². The maximum atomic E-state index is 11.7. The number of hydrogen-bond donors (Lipinski definition) is 2. The first-order valence-electron chi connectivity index (χ1n) is 5.86. The van der Waals surface area contributed by atoms with Crippen molar-refractivity contribution in [3.05, 3.63) is 28.8 Å². The van der Waals surface area contributed by atoms with Gasteiger partial charge >= 0.3 is 0 Å². The smallest absolute Gasteiger partial charge is 0.260 e. The Balaban J connectivity index is 2.55. The van der Waals surface area contributed by atoms with Gasteiger partial charge < -0.3 is 15.2 Å². The average molecular weight is 272 g/mol. The highest BCUT2D eigenvalue weighted by molar-refractivity contribution is 6.32. The zero-order valence-electron chi connectivity index (χ0n) is 10.6. The minimum atomic E-state index is -0.622. The van der Waals surface area contributed by atoms with Crippen LogP contribution < -0.4 is 10.1 Å². The Morgan fingerprint density at radius 2 is 2.28 bits per heavy atom. The van der Waals surface area contributed by atoms with Crippen molar-refractivity contribution in [2.45, 2.75) is 26.4 Å². The van der Waals surface area contributed by atoms with E-state index >= 15 is 0 Å². The van der Waals surface area contributed by atoms with Crippen molar-refractivity contribution >= 4 is 17.5 Å². The first kappa shape index (κ1) is 14.8. The Hall–Kier alpha value is -1.26. The molecule has 1 unspecified atom stereocenters. The van der Waals surface area contributed by atoms with Crippen LogP contribution in [0.25, 0.3) is 0 Å². The number of rotatable bonds is 6. The summed E-state index contributed by atoms with van der Waals surface area (Å²) in [6.07, 6.45) is -0.0908. The fraction of sp³-hybridized carbons (Fsp3) is 0.462. The number of amides is 1. The predicted octanol–water partition coefficient (Wildman–Crippen LogP) is 1.91. The summed E-state index contributed by atoms with van der Waals surface area (Å²) in [6, 6.07) is 5.41. The highest BCUT2D eigenvalue weighted by Gasteiger charge is 2.15. The van der Waals surface area contributed by atoms with Gasteiger partial charge in [-0.25, -0.2) is 0 Å². The molecule has 1 aromatic rings. The van der Waals surface area contributed by atoms with Gasteiger partial charge in [-0.05, 0) is 38.0 Å². The molecular formula is C13H18ClNO3. The number of ether oxygens (including phenoxy) is 1. The van der Waals surface area contributed by atoms with Gasteiger partial charge in [0.15, 0.2) is 6.10 Å². The number of nitrogens with one attached hydrogen (secondary N) is 1. The lowest BCUT2D eigenvalue weighted by molar-refractivity contribution is -0.127. The number of aliphatic hydroxyl groups excluding tert-OH is 1. The lowest BCUT2D eigenvalue weighted by Crippen LogP contribution is -2.37. The van der Waals surface area contributed by atoms with Crippen molar-refractivity contribution in [1.82, 2.24) is 5.32 Å². The van der Waals surface area contributed by atoms with E-state index in [4.69, 9.17) is 21.4 Å². The predicted molar refractivity (Wildman–Crippen MR) is 71.0 cm³/mol. The maximum absolute atomic E-state index is 11.7. The zero-order valence-corrected chi connectivity index (χ0v) is 11.3. The second-order valence-corrected chi connectivity index (χ2v) is 4.47. The molecule has 0 aromatic heterocycles. The molecule has 0 aliphatic rings. The van der Waals surface area contributed by atoms with Crippen LogP contribution in [0, 0.1) is 6.92 Å². The van der Waals surface area contributed by atoms with Gasteiger partial charge in [0.25, 0.3) is 5.91 Å². The van der Waals surface area contributed by atoms with Crippen LogP contribution in [-0.4, -0.2) is 30.3 Å². The molecule has 0 saturated carbocycles. The van der Waals surface area contributed by atoms with Gasteiger partial charge in [-0.3, -0.25) is 4.79 Å². The van der Waals surface area contributed by atoms with E-state index in [1.807, 2.05) is 13.0 Å². The monoisotopic (exact) mass is 271 g/mol. The first-order valence-corrected chi connectivity index (χ1v) is 6.23. The number of aliphatic hydroxyl groups is 1. The van der Waals surface area contributed by atoms with Gasteiger partial charge in [-0.1, -0.05) is 17.7 Å². The molecule has 4 nitrogen and oxygen atoms in total. The summed E-state index contributed by atoms with van der Waals surface area (Å²) in [5.41, 5.74) is 1.02. The van der Waals surface area contributed by atoms with Gasteiger partial charge in [0.05, 0.1) is 5.02 Å². The van der Waals surface area contributed by atoms with Crippen LogP contribution in [0.5, 0.6) is 5.75 Å². The standard InChI is InChI=1S/C13H18ClNO3/c1-9-4-5-11(14)12(8-9)18-10(2)13(17)15-6-3-7-16/h4-5,8,10,16H,3,6-7H2,1-2H3,(H,15,17). The topological polar surface area (TPSA) is 58.6 Å². The minimum Gasteiger partial charge on any atom is -0.479 e. The Bertz CT molecular complexity index is 409. The summed E-state index contributed by atoms with van der Waals surface area (Å²) in [7, 11) is 0. The van der Waals surface area contributed by atoms with Gasteiger partial charge in [-0.2, -0.15) is 0 Å². The molecule has 5 heteroatoms. The van der Waals surface area contributed by atoms with E-state index < -0.39 is 6.10 Å². The second kappa shape index (κ2) is 7.24. The first-order chi connectivity index (χ1) is 8.54. The van der Waals surface area contributed by atoms with Crippen molar-refractivity contribution in [3.63, 3.8) is 0 Å². The van der Waals surface area contributed by atoms with E-state index in [1.54, 1.807) is 19.1 Å².